The van der Waals surface area contributed by atoms with E-state index in [1.165, 1.54) is 17.1 Å². The number of aryl methyl sites for hydroxylation is 2. The van der Waals surface area contributed by atoms with Gasteiger partial charge in [-0.05, 0) is 30.7 Å². The van der Waals surface area contributed by atoms with Crippen LogP contribution in [-0.4, -0.2) is 46.0 Å². The minimum Gasteiger partial charge on any atom is -0.472 e. The Morgan fingerprint density at radius 1 is 1.27 bits per heavy atom. The van der Waals surface area contributed by atoms with Gasteiger partial charge in [0.2, 0.25) is 5.28 Å². The summed E-state index contributed by atoms with van der Waals surface area (Å²) in [4.78, 5) is 23.0. The molecule has 0 saturated heterocycles. The van der Waals surface area contributed by atoms with Gasteiger partial charge in [0.1, 0.15) is 6.20 Å². The van der Waals surface area contributed by atoms with E-state index in [0.29, 0.717) is 35.4 Å². The summed E-state index contributed by atoms with van der Waals surface area (Å²) in [5.41, 5.74) is 1.59. The zero-order chi connectivity index (χ0) is 21.3. The molecule has 0 amide bonds. The van der Waals surface area contributed by atoms with Crippen LogP contribution >= 0.6 is 23.2 Å². The van der Waals surface area contributed by atoms with Crippen molar-refractivity contribution in [1.29, 1.82) is 0 Å². The largest absolute Gasteiger partial charge is 0.472 e. The molecule has 13 heteroatoms. The summed E-state index contributed by atoms with van der Waals surface area (Å²) in [6.07, 6.45) is 4.92. The summed E-state index contributed by atoms with van der Waals surface area (Å²) in [6, 6.07) is 3.49. The van der Waals surface area contributed by atoms with Gasteiger partial charge in [-0.25, -0.2) is 14.3 Å². The molecule has 0 saturated carbocycles. The van der Waals surface area contributed by atoms with E-state index in [1.54, 1.807) is 29.9 Å². The van der Waals surface area contributed by atoms with Crippen LogP contribution < -0.4 is 4.74 Å². The number of hydrogen-bond donors (Lipinski definition) is 0. The predicted molar refractivity (Wildman–Crippen MR) is 108 cm³/mol. The van der Waals surface area contributed by atoms with Crippen molar-refractivity contribution < 1.29 is 9.66 Å². The Bertz CT molecular complexity index is 1240. The highest BCUT2D eigenvalue weighted by Crippen LogP contribution is 2.27. The third kappa shape index (κ3) is 3.89. The van der Waals surface area contributed by atoms with E-state index < -0.39 is 4.92 Å². The zero-order valence-electron chi connectivity index (χ0n) is 15.6. The molecule has 0 aromatic carbocycles. The number of hydrogen-bond acceptors (Lipinski definition) is 8. The fourth-order valence-corrected chi connectivity index (χ4v) is 3.21. The van der Waals surface area contributed by atoms with E-state index in [0.717, 1.165) is 0 Å². The highest BCUT2D eigenvalue weighted by atomic mass is 35.5. The van der Waals surface area contributed by atoms with Crippen LogP contribution in [0.5, 0.6) is 5.88 Å². The molecule has 11 nitrogen and oxygen atoms in total. The van der Waals surface area contributed by atoms with Crippen LogP contribution in [-0.2, 0) is 6.54 Å². The normalized spacial score (nSPS) is 11.2. The quantitative estimate of drug-likeness (QED) is 0.182. The lowest BCUT2D eigenvalue weighted by atomic mass is 10.3. The lowest BCUT2D eigenvalue weighted by Gasteiger charge is -2.05. The summed E-state index contributed by atoms with van der Waals surface area (Å²) in [5, 5.41) is 20.7. The SMILES string of the molecule is Cc1ncccc1-n1cc([N+](=O)[O-])c(OCCCn2nc(Cl)c3cnc(Cl)nc32)n1. The minimum atomic E-state index is -0.537. The Hall–Kier alpha value is -3.31. The van der Waals surface area contributed by atoms with Gasteiger partial charge in [0.25, 0.3) is 0 Å². The molecule has 0 aliphatic rings. The van der Waals surface area contributed by atoms with Crippen LogP contribution in [0.15, 0.2) is 30.7 Å². The number of rotatable bonds is 7. The van der Waals surface area contributed by atoms with E-state index >= 15 is 0 Å². The van der Waals surface area contributed by atoms with Crippen molar-refractivity contribution in [3.8, 4) is 11.6 Å². The lowest BCUT2D eigenvalue weighted by molar-refractivity contribution is -0.385. The van der Waals surface area contributed by atoms with Gasteiger partial charge in [0, 0.05) is 25.4 Å². The van der Waals surface area contributed by atoms with Crippen molar-refractivity contribution in [3.05, 3.63) is 57.0 Å². The first kappa shape index (κ1) is 20.0. The second-order valence-corrected chi connectivity index (χ2v) is 6.92. The maximum absolute atomic E-state index is 11.4. The molecule has 0 atom stereocenters. The molecule has 4 rings (SSSR count). The Labute approximate surface area is 179 Å². The van der Waals surface area contributed by atoms with Crippen molar-refractivity contribution in [2.24, 2.45) is 0 Å². The number of pyridine rings is 1. The summed E-state index contributed by atoms with van der Waals surface area (Å²) in [7, 11) is 0. The molecular weight excluding hydrogens is 435 g/mol. The molecule has 0 spiro atoms. The molecular formula is C17H14Cl2N8O3. The Balaban J connectivity index is 1.47. The standard InChI is InChI=1S/C17H14Cl2N8O3/c1-10-12(4-2-5-20-10)26-9-13(27(28)29)16(24-26)30-7-3-6-25-15-11(14(18)23-25)8-21-17(19)22-15/h2,4-5,8-9H,3,6-7H2,1H3. The Morgan fingerprint density at radius 3 is 2.87 bits per heavy atom. The highest BCUT2D eigenvalue weighted by molar-refractivity contribution is 6.34. The zero-order valence-corrected chi connectivity index (χ0v) is 17.1. The number of ether oxygens (including phenoxy) is 1. The van der Waals surface area contributed by atoms with Gasteiger partial charge in [-0.1, -0.05) is 11.6 Å². The maximum Gasteiger partial charge on any atom is 0.350 e. The average Bonchev–Trinajstić information content (AvgIpc) is 3.27. The highest BCUT2D eigenvalue weighted by Gasteiger charge is 2.22. The Morgan fingerprint density at radius 2 is 2.10 bits per heavy atom. The van der Waals surface area contributed by atoms with Gasteiger partial charge in [0.15, 0.2) is 10.8 Å². The summed E-state index contributed by atoms with van der Waals surface area (Å²) >= 11 is 11.9. The number of nitro groups is 1. The van der Waals surface area contributed by atoms with Gasteiger partial charge >= 0.3 is 11.6 Å². The molecule has 4 heterocycles. The van der Waals surface area contributed by atoms with Crippen molar-refractivity contribution in [1.82, 2.24) is 34.5 Å². The maximum atomic E-state index is 11.4. The number of halogens is 2. The molecule has 0 bridgehead atoms. The molecule has 0 aliphatic heterocycles. The third-order valence-electron chi connectivity index (χ3n) is 4.25. The van der Waals surface area contributed by atoms with E-state index in [4.69, 9.17) is 27.9 Å². The van der Waals surface area contributed by atoms with Crippen LogP contribution in [0.25, 0.3) is 16.7 Å². The summed E-state index contributed by atoms with van der Waals surface area (Å²) < 4.78 is 8.55. The van der Waals surface area contributed by atoms with Crippen LogP contribution in [0.3, 0.4) is 0 Å². The smallest absolute Gasteiger partial charge is 0.350 e. The van der Waals surface area contributed by atoms with Crippen molar-refractivity contribution in [2.45, 2.75) is 19.9 Å². The molecule has 4 aromatic heterocycles. The minimum absolute atomic E-state index is 0.0722. The number of nitrogens with zero attached hydrogens (tertiary/aromatic N) is 8. The molecule has 0 aliphatic carbocycles. The fraction of sp³-hybridized carbons (Fsp3) is 0.235. The van der Waals surface area contributed by atoms with Crippen LogP contribution in [0.1, 0.15) is 12.1 Å². The van der Waals surface area contributed by atoms with Crippen LogP contribution in [0, 0.1) is 17.0 Å². The second-order valence-electron chi connectivity index (χ2n) is 6.22. The van der Waals surface area contributed by atoms with Gasteiger partial charge < -0.3 is 4.74 Å². The average molecular weight is 449 g/mol. The van der Waals surface area contributed by atoms with Gasteiger partial charge in [-0.2, -0.15) is 10.1 Å². The van der Waals surface area contributed by atoms with Gasteiger partial charge in [-0.15, -0.1) is 5.10 Å². The van der Waals surface area contributed by atoms with Gasteiger partial charge in [-0.3, -0.25) is 15.1 Å². The van der Waals surface area contributed by atoms with Crippen molar-refractivity contribution in [2.75, 3.05) is 6.61 Å². The first-order valence-corrected chi connectivity index (χ1v) is 9.53. The van der Waals surface area contributed by atoms with Gasteiger partial charge in [0.05, 0.1) is 28.3 Å². The predicted octanol–water partition coefficient (Wildman–Crippen LogP) is 3.40. The molecule has 0 N–H and O–H groups in total. The molecule has 0 unspecified atom stereocenters. The molecule has 4 aromatic rings. The topological polar surface area (TPSA) is 127 Å². The molecule has 30 heavy (non-hydrogen) atoms. The van der Waals surface area contributed by atoms with Crippen LogP contribution in [0.2, 0.25) is 10.4 Å². The Kier molecular flexibility index (Phi) is 5.46. The van der Waals surface area contributed by atoms with E-state index in [2.05, 4.69) is 25.1 Å². The lowest BCUT2D eigenvalue weighted by Crippen LogP contribution is -2.07. The van der Waals surface area contributed by atoms with Crippen LogP contribution in [0.4, 0.5) is 5.69 Å². The monoisotopic (exact) mass is 448 g/mol. The first-order chi connectivity index (χ1) is 14.4. The van der Waals surface area contributed by atoms with E-state index in [1.807, 2.05) is 0 Å². The fourth-order valence-electron chi connectivity index (χ4n) is 2.86. The van der Waals surface area contributed by atoms with Crippen molar-refractivity contribution >= 4 is 39.9 Å². The molecule has 0 fully saturated rings. The number of aromatic nitrogens is 7. The van der Waals surface area contributed by atoms with E-state index in [-0.39, 0.29) is 28.6 Å². The number of fused-ring (bicyclic) bond motifs is 1. The molecule has 0 radical (unpaired) electrons. The van der Waals surface area contributed by atoms with Crippen molar-refractivity contribution in [3.63, 3.8) is 0 Å². The third-order valence-corrected chi connectivity index (χ3v) is 4.71. The second kappa shape index (κ2) is 8.20. The first-order valence-electron chi connectivity index (χ1n) is 8.77. The summed E-state index contributed by atoms with van der Waals surface area (Å²) in [5.74, 6) is -0.0722. The molecule has 154 valence electrons. The van der Waals surface area contributed by atoms with E-state index in [9.17, 15) is 10.1 Å². The summed E-state index contributed by atoms with van der Waals surface area (Å²) in [6.45, 7) is 2.37.